The molecule has 1 fully saturated rings. The molecule has 1 aliphatic rings. The van der Waals surface area contributed by atoms with Crippen LogP contribution in [0.25, 0.3) is 0 Å². The number of thiophene rings is 1. The summed E-state index contributed by atoms with van der Waals surface area (Å²) >= 11 is 1.22. The number of hydrogen-bond donors (Lipinski definition) is 0. The molecule has 1 aromatic carbocycles. The maximum absolute atomic E-state index is 12.2. The lowest BCUT2D eigenvalue weighted by atomic mass is 10.2. The smallest absolute Gasteiger partial charge is 0.252 e. The molecule has 0 atom stereocenters. The zero-order chi connectivity index (χ0) is 14.9. The highest BCUT2D eigenvalue weighted by molar-refractivity contribution is 7.91. The van der Waals surface area contributed by atoms with Crippen molar-refractivity contribution in [3.05, 3.63) is 47.3 Å². The predicted molar refractivity (Wildman–Crippen MR) is 78.7 cm³/mol. The van der Waals surface area contributed by atoms with Gasteiger partial charge in [0.15, 0.2) is 0 Å². The minimum absolute atomic E-state index is 0.146. The van der Waals surface area contributed by atoms with Crippen molar-refractivity contribution in [2.24, 2.45) is 0 Å². The first kappa shape index (κ1) is 14.1. The Hall–Kier alpha value is -1.88. The molecule has 0 bridgehead atoms. The molecule has 0 unspecified atom stereocenters. The Kier molecular flexibility index (Phi) is 3.68. The number of benzene rings is 1. The highest BCUT2D eigenvalue weighted by Gasteiger charge is 2.38. The fourth-order valence-corrected chi connectivity index (χ4v) is 4.66. The van der Waals surface area contributed by atoms with Crippen molar-refractivity contribution in [2.45, 2.75) is 10.3 Å². The van der Waals surface area contributed by atoms with Crippen LogP contribution < -0.4 is 4.74 Å². The summed E-state index contributed by atoms with van der Waals surface area (Å²) in [7, 11) is -3.37. The van der Waals surface area contributed by atoms with Gasteiger partial charge in [0, 0.05) is 0 Å². The minimum Gasteiger partial charge on any atom is -0.488 e. The van der Waals surface area contributed by atoms with E-state index in [-0.39, 0.29) is 6.10 Å². The van der Waals surface area contributed by atoms with Gasteiger partial charge in [-0.1, -0.05) is 6.07 Å². The summed E-state index contributed by atoms with van der Waals surface area (Å²) in [6.07, 6.45) is -0.146. The number of ether oxygens (including phenoxy) is 1. The van der Waals surface area contributed by atoms with Gasteiger partial charge in [-0.3, -0.25) is 0 Å². The van der Waals surface area contributed by atoms with E-state index in [2.05, 4.69) is 0 Å². The van der Waals surface area contributed by atoms with Crippen LogP contribution in [-0.2, 0) is 10.0 Å². The normalized spacial score (nSPS) is 16.1. The van der Waals surface area contributed by atoms with Crippen LogP contribution in [0.15, 0.2) is 46.0 Å². The molecular formula is C14H12N2O3S2. The summed E-state index contributed by atoms with van der Waals surface area (Å²) < 4.78 is 31.9. The van der Waals surface area contributed by atoms with Gasteiger partial charge < -0.3 is 4.74 Å². The van der Waals surface area contributed by atoms with E-state index < -0.39 is 10.0 Å². The monoisotopic (exact) mass is 320 g/mol. The van der Waals surface area contributed by atoms with Gasteiger partial charge in [0.2, 0.25) is 0 Å². The highest BCUT2D eigenvalue weighted by atomic mass is 32.2. The molecule has 3 rings (SSSR count). The molecule has 1 aromatic heterocycles. The average Bonchev–Trinajstić information content (AvgIpc) is 2.97. The SMILES string of the molecule is N#Cc1ccc(OC2CN(S(=O)(=O)c3cccs3)C2)cc1. The topological polar surface area (TPSA) is 70.4 Å². The zero-order valence-electron chi connectivity index (χ0n) is 11.0. The van der Waals surface area contributed by atoms with E-state index in [1.165, 1.54) is 15.6 Å². The molecular weight excluding hydrogens is 308 g/mol. The largest absolute Gasteiger partial charge is 0.488 e. The van der Waals surface area contributed by atoms with Crippen molar-refractivity contribution < 1.29 is 13.2 Å². The zero-order valence-corrected chi connectivity index (χ0v) is 12.6. The molecule has 0 spiro atoms. The Morgan fingerprint density at radius 1 is 1.24 bits per heavy atom. The van der Waals surface area contributed by atoms with E-state index in [1.54, 1.807) is 41.8 Å². The van der Waals surface area contributed by atoms with E-state index in [0.29, 0.717) is 28.6 Å². The summed E-state index contributed by atoms with van der Waals surface area (Å²) in [6, 6.07) is 12.2. The van der Waals surface area contributed by atoms with Crippen molar-refractivity contribution in [1.82, 2.24) is 4.31 Å². The molecule has 0 radical (unpaired) electrons. The third-order valence-corrected chi connectivity index (χ3v) is 6.39. The van der Waals surface area contributed by atoms with Crippen molar-refractivity contribution >= 4 is 21.4 Å². The van der Waals surface area contributed by atoms with Crippen LogP contribution in [0.4, 0.5) is 0 Å². The first-order chi connectivity index (χ1) is 10.1. The van der Waals surface area contributed by atoms with Crippen LogP contribution in [0.2, 0.25) is 0 Å². The van der Waals surface area contributed by atoms with Gasteiger partial charge in [-0.05, 0) is 35.7 Å². The van der Waals surface area contributed by atoms with E-state index in [9.17, 15) is 8.42 Å². The molecule has 2 heterocycles. The maximum Gasteiger partial charge on any atom is 0.252 e. The van der Waals surface area contributed by atoms with Crippen molar-refractivity contribution in [3.63, 3.8) is 0 Å². The predicted octanol–water partition coefficient (Wildman–Crippen LogP) is 2.07. The van der Waals surface area contributed by atoms with Crippen molar-refractivity contribution in [3.8, 4) is 11.8 Å². The number of nitrogens with zero attached hydrogens (tertiary/aromatic N) is 2. The van der Waals surface area contributed by atoms with E-state index in [1.807, 2.05) is 6.07 Å². The second-order valence-electron chi connectivity index (χ2n) is 4.63. The third kappa shape index (κ3) is 2.78. The first-order valence-electron chi connectivity index (χ1n) is 6.30. The van der Waals surface area contributed by atoms with Crippen LogP contribution in [0.5, 0.6) is 5.75 Å². The van der Waals surface area contributed by atoms with E-state index >= 15 is 0 Å². The molecule has 0 saturated carbocycles. The quantitative estimate of drug-likeness (QED) is 0.864. The van der Waals surface area contributed by atoms with Crippen LogP contribution in [-0.4, -0.2) is 31.9 Å². The Morgan fingerprint density at radius 3 is 2.52 bits per heavy atom. The highest BCUT2D eigenvalue weighted by Crippen LogP contribution is 2.27. The second kappa shape index (κ2) is 5.48. The first-order valence-corrected chi connectivity index (χ1v) is 8.62. The fraction of sp³-hybridized carbons (Fsp3) is 0.214. The van der Waals surface area contributed by atoms with Gasteiger partial charge in [-0.2, -0.15) is 9.57 Å². The third-order valence-electron chi connectivity index (χ3n) is 3.19. The van der Waals surface area contributed by atoms with Crippen LogP contribution in [0, 0.1) is 11.3 Å². The molecule has 0 aliphatic carbocycles. The summed E-state index contributed by atoms with van der Waals surface area (Å²) in [5.74, 6) is 0.646. The van der Waals surface area contributed by atoms with E-state index in [0.717, 1.165) is 0 Å². The summed E-state index contributed by atoms with van der Waals surface area (Å²) in [5, 5.41) is 10.5. The van der Waals surface area contributed by atoms with Gasteiger partial charge in [0.25, 0.3) is 10.0 Å². The number of rotatable bonds is 4. The van der Waals surface area contributed by atoms with Crippen LogP contribution in [0.3, 0.4) is 0 Å². The van der Waals surface area contributed by atoms with Crippen molar-refractivity contribution in [2.75, 3.05) is 13.1 Å². The standard InChI is InChI=1S/C14H12N2O3S2/c15-8-11-3-5-12(6-4-11)19-13-9-16(10-13)21(17,18)14-2-1-7-20-14/h1-7,13H,9-10H2. The molecule has 0 N–H and O–H groups in total. The number of sulfonamides is 1. The fourth-order valence-electron chi connectivity index (χ4n) is 2.01. The second-order valence-corrected chi connectivity index (χ2v) is 7.74. The summed E-state index contributed by atoms with van der Waals surface area (Å²) in [4.78, 5) is 0. The lowest BCUT2D eigenvalue weighted by molar-refractivity contribution is 0.0763. The minimum atomic E-state index is -3.37. The Balaban J connectivity index is 1.60. The van der Waals surface area contributed by atoms with Gasteiger partial charge in [-0.15, -0.1) is 11.3 Å². The van der Waals surface area contributed by atoms with Crippen LogP contribution >= 0.6 is 11.3 Å². The molecule has 108 valence electrons. The lowest BCUT2D eigenvalue weighted by Crippen LogP contribution is -2.55. The van der Waals surface area contributed by atoms with E-state index in [4.69, 9.17) is 10.00 Å². The van der Waals surface area contributed by atoms with Gasteiger partial charge >= 0.3 is 0 Å². The Bertz CT molecular complexity index is 756. The van der Waals surface area contributed by atoms with Gasteiger partial charge in [0.1, 0.15) is 16.1 Å². The summed E-state index contributed by atoms with van der Waals surface area (Å²) in [6.45, 7) is 0.695. The molecule has 1 saturated heterocycles. The Labute approximate surface area is 127 Å². The van der Waals surface area contributed by atoms with Gasteiger partial charge in [0.05, 0.1) is 24.7 Å². The molecule has 0 amide bonds. The Morgan fingerprint density at radius 2 is 1.95 bits per heavy atom. The van der Waals surface area contributed by atoms with Crippen molar-refractivity contribution in [1.29, 1.82) is 5.26 Å². The molecule has 2 aromatic rings. The molecule has 21 heavy (non-hydrogen) atoms. The molecule has 1 aliphatic heterocycles. The molecule has 5 nitrogen and oxygen atoms in total. The maximum atomic E-state index is 12.2. The van der Waals surface area contributed by atoms with Crippen LogP contribution in [0.1, 0.15) is 5.56 Å². The lowest BCUT2D eigenvalue weighted by Gasteiger charge is -2.37. The average molecular weight is 320 g/mol. The number of hydrogen-bond acceptors (Lipinski definition) is 5. The molecule has 7 heteroatoms. The number of nitriles is 1. The summed E-state index contributed by atoms with van der Waals surface area (Å²) in [5.41, 5.74) is 0.567. The van der Waals surface area contributed by atoms with Gasteiger partial charge in [-0.25, -0.2) is 8.42 Å².